The Balaban J connectivity index is 1.70. The van der Waals surface area contributed by atoms with E-state index in [1.807, 2.05) is 11.5 Å². The first-order valence-corrected chi connectivity index (χ1v) is 10.3. The first-order chi connectivity index (χ1) is 12.6. The highest BCUT2D eigenvalue weighted by Gasteiger charge is 2.13. The minimum atomic E-state index is -3.24. The van der Waals surface area contributed by atoms with Crippen LogP contribution in [0.3, 0.4) is 0 Å². The molecule has 0 saturated carbocycles. The van der Waals surface area contributed by atoms with Crippen molar-refractivity contribution in [3.63, 3.8) is 0 Å². The van der Waals surface area contributed by atoms with Gasteiger partial charge >= 0.3 is 0 Å². The lowest BCUT2D eigenvalue weighted by Gasteiger charge is -2.12. The first kappa shape index (κ1) is 19.9. The van der Waals surface area contributed by atoms with Gasteiger partial charge in [0.25, 0.3) is 0 Å². The smallest absolute Gasteiger partial charge is 0.191 e. The largest absolute Gasteiger partial charge is 0.356 e. The van der Waals surface area contributed by atoms with Crippen LogP contribution in [0.5, 0.6) is 0 Å². The Morgan fingerprint density at radius 1 is 1.19 bits per heavy atom. The molecule has 0 amide bonds. The molecule has 0 spiro atoms. The third kappa shape index (κ3) is 5.83. The molecule has 8 nitrogen and oxygen atoms in total. The summed E-state index contributed by atoms with van der Waals surface area (Å²) in [6.07, 6.45) is 3.05. The van der Waals surface area contributed by atoms with Crippen LogP contribution < -0.4 is 10.6 Å². The summed E-state index contributed by atoms with van der Waals surface area (Å²) in [5, 5.41) is 14.3. The average Bonchev–Trinajstić information content (AvgIpc) is 3.12. The van der Waals surface area contributed by atoms with Gasteiger partial charge in [0.05, 0.1) is 10.6 Å². The average molecular weight is 379 g/mol. The van der Waals surface area contributed by atoms with Gasteiger partial charge in [-0.3, -0.25) is 4.99 Å². The van der Waals surface area contributed by atoms with Crippen molar-refractivity contribution in [3.8, 4) is 0 Å². The summed E-state index contributed by atoms with van der Waals surface area (Å²) >= 11 is 0. The Bertz CT molecular complexity index is 802. The first-order valence-electron chi connectivity index (χ1n) is 8.66. The van der Waals surface area contributed by atoms with Crippen LogP contribution in [0.4, 0.5) is 0 Å². The standard InChI is InChI=1S/C17H26N6O2S/c1-3-16-22-21-14-23(16)12-11-20-17(18-2)19-10-7-13-26(24,25)15-8-5-4-6-9-15/h4-6,8-9,14H,3,7,10-13H2,1-2H3,(H2,18,19,20). The molecule has 26 heavy (non-hydrogen) atoms. The quantitative estimate of drug-likeness (QED) is 0.381. The zero-order chi connectivity index (χ0) is 18.8. The van der Waals surface area contributed by atoms with Crippen molar-refractivity contribution < 1.29 is 8.42 Å². The maximum atomic E-state index is 12.2. The molecular formula is C17H26N6O2S. The predicted octanol–water partition coefficient (Wildman–Crippen LogP) is 0.870. The fourth-order valence-electron chi connectivity index (χ4n) is 2.47. The number of benzene rings is 1. The molecule has 9 heteroatoms. The fraction of sp³-hybridized carbons (Fsp3) is 0.471. The zero-order valence-corrected chi connectivity index (χ0v) is 16.0. The zero-order valence-electron chi connectivity index (χ0n) is 15.2. The van der Waals surface area contributed by atoms with Crippen LogP contribution in [0.25, 0.3) is 0 Å². The monoisotopic (exact) mass is 378 g/mol. The SMILES string of the molecule is CCc1nncn1CCNC(=NC)NCCCS(=O)(=O)c1ccccc1. The third-order valence-electron chi connectivity index (χ3n) is 3.87. The van der Waals surface area contributed by atoms with Gasteiger partial charge in [0.1, 0.15) is 12.2 Å². The van der Waals surface area contributed by atoms with Gasteiger partial charge in [-0.1, -0.05) is 25.1 Å². The Labute approximate surface area is 154 Å². The second kappa shape index (κ2) is 9.91. The summed E-state index contributed by atoms with van der Waals surface area (Å²) in [7, 11) is -1.55. The van der Waals surface area contributed by atoms with Crippen LogP contribution in [0.2, 0.25) is 0 Å². The Hall–Kier alpha value is -2.42. The van der Waals surface area contributed by atoms with Crippen LogP contribution in [0.1, 0.15) is 19.2 Å². The normalized spacial score (nSPS) is 12.2. The van der Waals surface area contributed by atoms with E-state index in [1.165, 1.54) is 0 Å². The highest BCUT2D eigenvalue weighted by atomic mass is 32.2. The van der Waals surface area contributed by atoms with E-state index < -0.39 is 9.84 Å². The van der Waals surface area contributed by atoms with Crippen LogP contribution in [0, 0.1) is 0 Å². The van der Waals surface area contributed by atoms with Crippen molar-refractivity contribution in [2.75, 3.05) is 25.9 Å². The van der Waals surface area contributed by atoms with Gasteiger partial charge < -0.3 is 15.2 Å². The molecule has 1 aromatic carbocycles. The molecule has 1 aromatic heterocycles. The van der Waals surface area contributed by atoms with Crippen molar-refractivity contribution in [3.05, 3.63) is 42.5 Å². The van der Waals surface area contributed by atoms with E-state index in [0.29, 0.717) is 30.4 Å². The Morgan fingerprint density at radius 2 is 1.92 bits per heavy atom. The minimum Gasteiger partial charge on any atom is -0.356 e. The number of sulfone groups is 1. The molecule has 2 N–H and O–H groups in total. The maximum absolute atomic E-state index is 12.2. The number of aryl methyl sites for hydroxylation is 1. The van der Waals surface area contributed by atoms with E-state index >= 15 is 0 Å². The molecule has 2 rings (SSSR count). The number of hydrogen-bond donors (Lipinski definition) is 2. The van der Waals surface area contributed by atoms with Crippen LogP contribution in [0.15, 0.2) is 46.5 Å². The van der Waals surface area contributed by atoms with E-state index in [-0.39, 0.29) is 5.75 Å². The van der Waals surface area contributed by atoms with Crippen molar-refractivity contribution in [1.82, 2.24) is 25.4 Å². The second-order valence-corrected chi connectivity index (χ2v) is 7.81. The number of aliphatic imine (C=N–C) groups is 1. The molecule has 0 aliphatic carbocycles. The number of nitrogens with one attached hydrogen (secondary N) is 2. The van der Waals surface area contributed by atoms with E-state index in [1.54, 1.807) is 43.7 Å². The van der Waals surface area contributed by atoms with E-state index in [4.69, 9.17) is 0 Å². The van der Waals surface area contributed by atoms with E-state index in [9.17, 15) is 8.42 Å². The lowest BCUT2D eigenvalue weighted by molar-refractivity contribution is 0.592. The molecule has 0 saturated heterocycles. The van der Waals surface area contributed by atoms with E-state index in [2.05, 4.69) is 25.8 Å². The van der Waals surface area contributed by atoms with Crippen molar-refractivity contribution in [1.29, 1.82) is 0 Å². The topological polar surface area (TPSA) is 101 Å². The lowest BCUT2D eigenvalue weighted by atomic mass is 10.4. The van der Waals surface area contributed by atoms with Gasteiger partial charge in [-0.15, -0.1) is 10.2 Å². The molecule has 0 radical (unpaired) electrons. The summed E-state index contributed by atoms with van der Waals surface area (Å²) in [6, 6.07) is 8.52. The van der Waals surface area contributed by atoms with Crippen LogP contribution >= 0.6 is 0 Å². The van der Waals surface area contributed by atoms with Gasteiger partial charge in [-0.25, -0.2) is 8.42 Å². The molecular weight excluding hydrogens is 352 g/mol. The molecule has 142 valence electrons. The van der Waals surface area contributed by atoms with Gasteiger partial charge in [0.15, 0.2) is 15.8 Å². The predicted molar refractivity (Wildman–Crippen MR) is 102 cm³/mol. The third-order valence-corrected chi connectivity index (χ3v) is 5.68. The minimum absolute atomic E-state index is 0.0988. The molecule has 0 unspecified atom stereocenters. The van der Waals surface area contributed by atoms with Gasteiger partial charge in [0, 0.05) is 33.1 Å². The Morgan fingerprint density at radius 3 is 2.62 bits per heavy atom. The maximum Gasteiger partial charge on any atom is 0.191 e. The van der Waals surface area contributed by atoms with Crippen LogP contribution in [-0.2, 0) is 22.8 Å². The van der Waals surface area contributed by atoms with Crippen LogP contribution in [-0.4, -0.2) is 55.0 Å². The molecule has 1 heterocycles. The van der Waals surface area contributed by atoms with Crippen molar-refractivity contribution in [2.45, 2.75) is 31.2 Å². The fourth-order valence-corrected chi connectivity index (χ4v) is 3.80. The lowest BCUT2D eigenvalue weighted by Crippen LogP contribution is -2.39. The number of hydrogen-bond acceptors (Lipinski definition) is 5. The number of aromatic nitrogens is 3. The molecule has 2 aromatic rings. The van der Waals surface area contributed by atoms with E-state index in [0.717, 1.165) is 18.8 Å². The summed E-state index contributed by atoms with van der Waals surface area (Å²) in [5.41, 5.74) is 0. The van der Waals surface area contributed by atoms with Crippen molar-refractivity contribution in [2.24, 2.45) is 4.99 Å². The van der Waals surface area contributed by atoms with Gasteiger partial charge in [0.2, 0.25) is 0 Å². The second-order valence-electron chi connectivity index (χ2n) is 5.71. The Kier molecular flexibility index (Phi) is 7.58. The van der Waals surface area contributed by atoms with Gasteiger partial charge in [-0.2, -0.15) is 0 Å². The van der Waals surface area contributed by atoms with Crippen molar-refractivity contribution >= 4 is 15.8 Å². The number of nitrogens with zero attached hydrogens (tertiary/aromatic N) is 4. The highest BCUT2D eigenvalue weighted by molar-refractivity contribution is 7.91. The summed E-state index contributed by atoms with van der Waals surface area (Å²) in [6.45, 7) is 3.97. The summed E-state index contributed by atoms with van der Waals surface area (Å²) in [4.78, 5) is 4.51. The van der Waals surface area contributed by atoms with Gasteiger partial charge in [-0.05, 0) is 18.6 Å². The molecule has 0 fully saturated rings. The molecule has 0 bridgehead atoms. The highest BCUT2D eigenvalue weighted by Crippen LogP contribution is 2.10. The number of rotatable bonds is 9. The molecule has 0 aliphatic heterocycles. The number of guanidine groups is 1. The molecule has 0 aliphatic rings. The summed E-state index contributed by atoms with van der Waals surface area (Å²) < 4.78 is 26.4. The molecule has 0 atom stereocenters. The summed E-state index contributed by atoms with van der Waals surface area (Å²) in [5.74, 6) is 1.69.